The summed E-state index contributed by atoms with van der Waals surface area (Å²) in [6, 6.07) is 15.1. The second kappa shape index (κ2) is 10.8. The van der Waals surface area contributed by atoms with Crippen molar-refractivity contribution >= 4 is 50.7 Å². The summed E-state index contributed by atoms with van der Waals surface area (Å²) in [7, 11) is 0. The van der Waals surface area contributed by atoms with Gasteiger partial charge in [0.05, 0.1) is 36.8 Å². The minimum Gasteiger partial charge on any atom is -0.507 e. The average Bonchev–Trinajstić information content (AvgIpc) is 3.66. The summed E-state index contributed by atoms with van der Waals surface area (Å²) >= 11 is 5.06. The number of amides is 2. The number of imide groups is 1. The molecule has 6 rings (SSSR count). The van der Waals surface area contributed by atoms with Crippen LogP contribution >= 0.6 is 27.3 Å². The summed E-state index contributed by atoms with van der Waals surface area (Å²) in [6.07, 6.45) is 5.64. The average molecular weight is 606 g/mol. The van der Waals surface area contributed by atoms with Gasteiger partial charge in [-0.25, -0.2) is 0 Å². The highest BCUT2D eigenvalue weighted by Gasteiger charge is 2.56. The van der Waals surface area contributed by atoms with Gasteiger partial charge < -0.3 is 9.84 Å². The van der Waals surface area contributed by atoms with Crippen LogP contribution in [0.2, 0.25) is 0 Å². The van der Waals surface area contributed by atoms with Crippen LogP contribution in [0.25, 0.3) is 11.6 Å². The lowest BCUT2D eigenvalue weighted by Crippen LogP contribution is -2.34. The Balaban J connectivity index is 1.23. The normalized spacial score (nSPS) is 24.9. The lowest BCUT2D eigenvalue weighted by Gasteiger charge is -2.30. The van der Waals surface area contributed by atoms with Crippen molar-refractivity contribution < 1.29 is 19.4 Å². The maximum atomic E-state index is 13.5. The number of phenols is 1. The maximum absolute atomic E-state index is 13.5. The van der Waals surface area contributed by atoms with Crippen molar-refractivity contribution in [3.8, 4) is 5.75 Å². The number of halogens is 1. The minimum absolute atomic E-state index is 0.0468. The number of aromatic hydroxyl groups is 1. The molecule has 2 fully saturated rings. The first-order valence-electron chi connectivity index (χ1n) is 13.2. The summed E-state index contributed by atoms with van der Waals surface area (Å²) < 4.78 is 7.22. The molecule has 0 unspecified atom stereocenters. The second-order valence-corrected chi connectivity index (χ2v) is 12.4. The molecule has 3 aliphatic rings. The molecule has 6 nitrogen and oxygen atoms in total. The molecule has 0 saturated carbocycles. The third-order valence-electron chi connectivity index (χ3n) is 8.13. The number of carbonyl (C=O) groups excluding carboxylic acids is 2. The number of carbonyl (C=O) groups is 2. The number of hydrogen-bond acceptors (Lipinski definition) is 6. The molecule has 2 aromatic heterocycles. The Morgan fingerprint density at radius 1 is 1.18 bits per heavy atom. The zero-order valence-corrected chi connectivity index (χ0v) is 24.0. The third-order valence-corrected chi connectivity index (χ3v) is 9.48. The number of benzene rings is 1. The molecule has 3 aromatic rings. The summed E-state index contributed by atoms with van der Waals surface area (Å²) in [5, 5.41) is 12.4. The van der Waals surface area contributed by atoms with Crippen molar-refractivity contribution in [1.82, 2.24) is 9.88 Å². The number of hydrogen-bond donors (Lipinski definition) is 1. The fourth-order valence-electron chi connectivity index (χ4n) is 6.35. The van der Waals surface area contributed by atoms with Gasteiger partial charge >= 0.3 is 0 Å². The molecular weight excluding hydrogens is 576 g/mol. The van der Waals surface area contributed by atoms with E-state index in [1.165, 1.54) is 16.0 Å². The van der Waals surface area contributed by atoms with Crippen molar-refractivity contribution in [3.05, 3.63) is 91.9 Å². The lowest BCUT2D eigenvalue weighted by molar-refractivity contribution is -0.140. The number of pyridine rings is 1. The molecule has 39 heavy (non-hydrogen) atoms. The van der Waals surface area contributed by atoms with Gasteiger partial charge in [0.2, 0.25) is 11.8 Å². The number of fused-ring (bicyclic) bond motifs is 3. The van der Waals surface area contributed by atoms with Crippen molar-refractivity contribution in [2.24, 2.45) is 17.8 Å². The Bertz CT molecular complexity index is 1470. The SMILES string of the molecule is CC1=C2[C@@H](CC/C(=C/c3cc(Br)ccc3O)c3ccccn3)OC[C@@H]2[C@@H]2C(=O)N(Cc3cccs3)C(=O)[C@@H]2C1. The van der Waals surface area contributed by atoms with Crippen molar-refractivity contribution in [2.45, 2.75) is 38.8 Å². The number of nitrogens with zero attached hydrogens (tertiary/aromatic N) is 2. The fraction of sp³-hybridized carbons (Fsp3) is 0.323. The highest BCUT2D eigenvalue weighted by molar-refractivity contribution is 9.10. The molecule has 200 valence electrons. The van der Waals surface area contributed by atoms with E-state index in [1.54, 1.807) is 23.6 Å². The van der Waals surface area contributed by atoms with Gasteiger partial charge in [0.15, 0.2) is 0 Å². The molecule has 1 aromatic carbocycles. The molecule has 0 bridgehead atoms. The van der Waals surface area contributed by atoms with Gasteiger partial charge in [-0.05, 0) is 85.2 Å². The number of aromatic nitrogens is 1. The standard InChI is InChI=1S/C31H29BrN2O4S/c1-18-13-23-29(31(37)34(30(23)36)16-22-5-4-12-39-22)24-17-38-27(28(18)24)10-7-19(25-6-2-3-11-33-25)14-20-15-21(32)8-9-26(20)35/h2-6,8-9,11-12,14-15,23-24,27,29,35H,7,10,13,16-17H2,1H3/b19-14-/t23-,24+,27-,29-/m1/s1. The zero-order chi connectivity index (χ0) is 27.1. The molecule has 4 atom stereocenters. The molecular formula is C31H29BrN2O4S. The first-order chi connectivity index (χ1) is 18.9. The topological polar surface area (TPSA) is 79.7 Å². The van der Waals surface area contributed by atoms with E-state index in [1.807, 2.05) is 53.9 Å². The quantitative estimate of drug-likeness (QED) is 0.247. The smallest absolute Gasteiger partial charge is 0.234 e. The van der Waals surface area contributed by atoms with E-state index in [-0.39, 0.29) is 41.4 Å². The van der Waals surface area contributed by atoms with Gasteiger partial charge in [0, 0.05) is 27.0 Å². The summed E-state index contributed by atoms with van der Waals surface area (Å²) in [5.74, 6) is -0.596. The number of ether oxygens (including phenoxy) is 1. The molecule has 2 amide bonds. The molecule has 1 N–H and O–H groups in total. The predicted molar refractivity (Wildman–Crippen MR) is 155 cm³/mol. The van der Waals surface area contributed by atoms with Gasteiger partial charge in [0.25, 0.3) is 0 Å². The van der Waals surface area contributed by atoms with Crippen molar-refractivity contribution in [2.75, 3.05) is 6.61 Å². The Morgan fingerprint density at radius 3 is 2.82 bits per heavy atom. The van der Waals surface area contributed by atoms with E-state index in [2.05, 4.69) is 27.8 Å². The van der Waals surface area contributed by atoms with Crippen LogP contribution in [0, 0.1) is 17.8 Å². The Morgan fingerprint density at radius 2 is 2.05 bits per heavy atom. The number of thiophene rings is 1. The summed E-state index contributed by atoms with van der Waals surface area (Å²) in [6.45, 7) is 2.91. The maximum Gasteiger partial charge on any atom is 0.234 e. The van der Waals surface area contributed by atoms with E-state index in [0.717, 1.165) is 27.0 Å². The van der Waals surface area contributed by atoms with Crippen LogP contribution in [0.4, 0.5) is 0 Å². The molecule has 8 heteroatoms. The number of rotatable bonds is 7. The molecule has 2 aliphatic heterocycles. The van der Waals surface area contributed by atoms with Crippen LogP contribution < -0.4 is 0 Å². The monoisotopic (exact) mass is 604 g/mol. The molecule has 1 aliphatic carbocycles. The van der Waals surface area contributed by atoms with Crippen LogP contribution in [-0.2, 0) is 20.9 Å². The Labute approximate surface area is 240 Å². The number of allylic oxidation sites excluding steroid dienone is 2. The number of likely N-dealkylation sites (tertiary alicyclic amines) is 1. The van der Waals surface area contributed by atoms with Crippen molar-refractivity contribution in [3.63, 3.8) is 0 Å². The summed E-state index contributed by atoms with van der Waals surface area (Å²) in [4.78, 5) is 33.9. The second-order valence-electron chi connectivity index (χ2n) is 10.5. The fourth-order valence-corrected chi connectivity index (χ4v) is 7.42. The molecule has 0 radical (unpaired) electrons. The first kappa shape index (κ1) is 26.2. The van der Waals surface area contributed by atoms with E-state index in [0.29, 0.717) is 31.6 Å². The van der Waals surface area contributed by atoms with Crippen LogP contribution in [0.3, 0.4) is 0 Å². The van der Waals surface area contributed by atoms with Crippen LogP contribution in [0.15, 0.2) is 75.7 Å². The van der Waals surface area contributed by atoms with Crippen LogP contribution in [0.1, 0.15) is 42.3 Å². The molecule has 2 saturated heterocycles. The van der Waals surface area contributed by atoms with E-state index in [9.17, 15) is 14.7 Å². The van der Waals surface area contributed by atoms with Gasteiger partial charge in [-0.3, -0.25) is 19.5 Å². The third kappa shape index (κ3) is 5.01. The highest BCUT2D eigenvalue weighted by Crippen LogP contribution is 2.50. The van der Waals surface area contributed by atoms with Crippen LogP contribution in [-0.4, -0.2) is 39.5 Å². The van der Waals surface area contributed by atoms with E-state index >= 15 is 0 Å². The largest absolute Gasteiger partial charge is 0.507 e. The lowest BCUT2D eigenvalue weighted by atomic mass is 9.70. The first-order valence-corrected chi connectivity index (χ1v) is 14.9. The van der Waals surface area contributed by atoms with Gasteiger partial charge in [-0.15, -0.1) is 11.3 Å². The molecule has 4 heterocycles. The predicted octanol–water partition coefficient (Wildman–Crippen LogP) is 6.47. The van der Waals surface area contributed by atoms with Gasteiger partial charge in [0.1, 0.15) is 5.75 Å². The molecule has 0 spiro atoms. The van der Waals surface area contributed by atoms with Gasteiger partial charge in [-0.2, -0.15) is 0 Å². The van der Waals surface area contributed by atoms with E-state index < -0.39 is 0 Å². The van der Waals surface area contributed by atoms with Gasteiger partial charge in [-0.1, -0.05) is 33.6 Å². The summed E-state index contributed by atoms with van der Waals surface area (Å²) in [5.41, 5.74) is 4.93. The Hall–Kier alpha value is -3.07. The zero-order valence-electron chi connectivity index (χ0n) is 21.5. The highest BCUT2D eigenvalue weighted by atomic mass is 79.9. The minimum atomic E-state index is -0.342. The van der Waals surface area contributed by atoms with E-state index in [4.69, 9.17) is 4.74 Å². The number of phenolic OH excluding ortho intramolecular Hbond substituents is 1. The Kier molecular flexibility index (Phi) is 7.27. The van der Waals surface area contributed by atoms with Crippen molar-refractivity contribution in [1.29, 1.82) is 0 Å². The van der Waals surface area contributed by atoms with Crippen LogP contribution in [0.5, 0.6) is 5.75 Å².